The number of carboxylic acid groups (broad SMARTS) is 1. The third-order valence-electron chi connectivity index (χ3n) is 2.58. The fourth-order valence-electron chi connectivity index (χ4n) is 1.48. The molecule has 0 saturated heterocycles. The second-order valence-corrected chi connectivity index (χ2v) is 4.09. The number of aliphatic carboxylic acids is 1. The Hall–Kier alpha value is -2.04. The quantitative estimate of drug-likeness (QED) is 0.742. The van der Waals surface area contributed by atoms with Crippen LogP contribution in [-0.4, -0.2) is 29.6 Å². The second-order valence-electron chi connectivity index (χ2n) is 4.09. The van der Waals surface area contributed by atoms with Gasteiger partial charge < -0.3 is 15.7 Å². The Labute approximate surface area is 106 Å². The molecule has 18 heavy (non-hydrogen) atoms. The summed E-state index contributed by atoms with van der Waals surface area (Å²) in [5, 5.41) is 14.4. The van der Waals surface area contributed by atoms with Crippen LogP contribution >= 0.6 is 0 Å². The van der Waals surface area contributed by atoms with Gasteiger partial charge in [0, 0.05) is 17.8 Å². The summed E-state index contributed by atoms with van der Waals surface area (Å²) in [6.07, 6.45) is 0. The maximum atomic E-state index is 11.7. The third-order valence-corrected chi connectivity index (χ3v) is 2.58. The molecule has 5 nitrogen and oxygen atoms in total. The van der Waals surface area contributed by atoms with Crippen molar-refractivity contribution in [3.63, 3.8) is 0 Å². The van der Waals surface area contributed by atoms with Crippen LogP contribution in [0.1, 0.15) is 29.8 Å². The van der Waals surface area contributed by atoms with Gasteiger partial charge in [0.15, 0.2) is 0 Å². The van der Waals surface area contributed by atoms with E-state index in [2.05, 4.69) is 10.6 Å². The van der Waals surface area contributed by atoms with Crippen molar-refractivity contribution in [2.75, 3.05) is 11.9 Å². The molecule has 3 N–H and O–H groups in total. The average Bonchev–Trinajstić information content (AvgIpc) is 2.31. The first-order valence-electron chi connectivity index (χ1n) is 5.84. The number of carbonyl (C=O) groups excluding carboxylic acids is 1. The van der Waals surface area contributed by atoms with E-state index in [1.165, 1.54) is 0 Å². The van der Waals surface area contributed by atoms with E-state index in [9.17, 15) is 9.59 Å². The van der Waals surface area contributed by atoms with Crippen molar-refractivity contribution < 1.29 is 14.7 Å². The van der Waals surface area contributed by atoms with Gasteiger partial charge in [-0.3, -0.25) is 9.59 Å². The number of rotatable bonds is 5. The van der Waals surface area contributed by atoms with E-state index in [1.54, 1.807) is 25.1 Å². The number of amides is 1. The molecule has 1 atom stereocenters. The zero-order chi connectivity index (χ0) is 13.7. The van der Waals surface area contributed by atoms with E-state index < -0.39 is 12.0 Å². The van der Waals surface area contributed by atoms with Crippen molar-refractivity contribution >= 4 is 17.6 Å². The number of hydrogen-bond donors (Lipinski definition) is 3. The Kier molecular flexibility index (Phi) is 4.71. The number of anilines is 1. The molecule has 0 fully saturated rings. The zero-order valence-electron chi connectivity index (χ0n) is 10.8. The first-order valence-corrected chi connectivity index (χ1v) is 5.84. The first-order chi connectivity index (χ1) is 8.45. The minimum Gasteiger partial charge on any atom is -0.480 e. The summed E-state index contributed by atoms with van der Waals surface area (Å²) >= 11 is 0. The molecule has 1 aromatic rings. The summed E-state index contributed by atoms with van der Waals surface area (Å²) in [4.78, 5) is 22.5. The molecule has 0 aromatic heterocycles. The molecule has 1 rings (SSSR count). The number of benzene rings is 1. The van der Waals surface area contributed by atoms with E-state index >= 15 is 0 Å². The highest BCUT2D eigenvalue weighted by atomic mass is 16.4. The van der Waals surface area contributed by atoms with Gasteiger partial charge in [0.1, 0.15) is 6.04 Å². The van der Waals surface area contributed by atoms with E-state index in [0.29, 0.717) is 17.8 Å². The molecule has 0 bridgehead atoms. The van der Waals surface area contributed by atoms with Crippen LogP contribution in [-0.2, 0) is 4.79 Å². The molecule has 98 valence electrons. The standard InChI is InChI=1S/C13H18N2O3/c1-4-14-12(16)10-6-5-8(2)11(7-10)15-9(3)13(17)18/h5-7,9,15H,4H2,1-3H3,(H,14,16)(H,17,18). The number of carboxylic acids is 1. The summed E-state index contributed by atoms with van der Waals surface area (Å²) in [7, 11) is 0. The van der Waals surface area contributed by atoms with E-state index in [4.69, 9.17) is 5.11 Å². The van der Waals surface area contributed by atoms with Gasteiger partial charge in [0.2, 0.25) is 0 Å². The lowest BCUT2D eigenvalue weighted by Crippen LogP contribution is -2.26. The molecule has 0 heterocycles. The minimum atomic E-state index is -0.933. The van der Waals surface area contributed by atoms with Crippen molar-refractivity contribution in [2.24, 2.45) is 0 Å². The Morgan fingerprint density at radius 3 is 2.61 bits per heavy atom. The molecule has 0 aliphatic carbocycles. The number of aryl methyl sites for hydroxylation is 1. The van der Waals surface area contributed by atoms with Gasteiger partial charge in [-0.2, -0.15) is 0 Å². The second kappa shape index (κ2) is 6.05. The topological polar surface area (TPSA) is 78.4 Å². The van der Waals surface area contributed by atoms with Crippen LogP contribution in [0.4, 0.5) is 5.69 Å². The predicted octanol–water partition coefficient (Wildman–Crippen LogP) is 1.63. The fraction of sp³-hybridized carbons (Fsp3) is 0.385. The van der Waals surface area contributed by atoms with Crippen molar-refractivity contribution in [2.45, 2.75) is 26.8 Å². The fourth-order valence-corrected chi connectivity index (χ4v) is 1.48. The molecule has 0 aliphatic heterocycles. The van der Waals surface area contributed by atoms with Crippen molar-refractivity contribution in [1.29, 1.82) is 0 Å². The number of nitrogens with one attached hydrogen (secondary N) is 2. The molecular weight excluding hydrogens is 232 g/mol. The van der Waals surface area contributed by atoms with E-state index in [1.807, 2.05) is 13.8 Å². The molecule has 1 unspecified atom stereocenters. The Morgan fingerprint density at radius 2 is 2.06 bits per heavy atom. The number of hydrogen-bond acceptors (Lipinski definition) is 3. The third kappa shape index (κ3) is 3.48. The molecule has 1 amide bonds. The molecular formula is C13H18N2O3. The summed E-state index contributed by atoms with van der Waals surface area (Å²) in [5.41, 5.74) is 2.08. The lowest BCUT2D eigenvalue weighted by Gasteiger charge is -2.14. The molecule has 0 radical (unpaired) electrons. The molecule has 0 aliphatic rings. The average molecular weight is 250 g/mol. The van der Waals surface area contributed by atoms with Crippen molar-refractivity contribution in [3.8, 4) is 0 Å². The highest BCUT2D eigenvalue weighted by Crippen LogP contribution is 2.18. The highest BCUT2D eigenvalue weighted by Gasteiger charge is 2.13. The smallest absolute Gasteiger partial charge is 0.325 e. The zero-order valence-corrected chi connectivity index (χ0v) is 10.8. The van der Waals surface area contributed by atoms with Crippen LogP contribution in [0, 0.1) is 6.92 Å². The van der Waals surface area contributed by atoms with Crippen LogP contribution in [0.25, 0.3) is 0 Å². The van der Waals surface area contributed by atoms with Crippen LogP contribution in [0.2, 0.25) is 0 Å². The van der Waals surface area contributed by atoms with Crippen LogP contribution in [0.5, 0.6) is 0 Å². The van der Waals surface area contributed by atoms with Gasteiger partial charge in [-0.1, -0.05) is 6.07 Å². The summed E-state index contributed by atoms with van der Waals surface area (Å²) in [5.74, 6) is -1.10. The Morgan fingerprint density at radius 1 is 1.39 bits per heavy atom. The normalized spacial score (nSPS) is 11.7. The van der Waals surface area contributed by atoms with E-state index in [-0.39, 0.29) is 5.91 Å². The van der Waals surface area contributed by atoms with Crippen molar-refractivity contribution in [1.82, 2.24) is 5.32 Å². The van der Waals surface area contributed by atoms with Gasteiger partial charge >= 0.3 is 5.97 Å². The molecule has 5 heteroatoms. The first kappa shape index (κ1) is 14.0. The molecule has 1 aromatic carbocycles. The number of carbonyl (C=O) groups is 2. The molecule has 0 saturated carbocycles. The molecule has 0 spiro atoms. The van der Waals surface area contributed by atoms with Gasteiger partial charge in [-0.15, -0.1) is 0 Å². The summed E-state index contributed by atoms with van der Waals surface area (Å²) < 4.78 is 0. The lowest BCUT2D eigenvalue weighted by molar-refractivity contribution is -0.137. The SMILES string of the molecule is CCNC(=O)c1ccc(C)c(NC(C)C(=O)O)c1. The van der Waals surface area contributed by atoms with Gasteiger partial charge in [-0.25, -0.2) is 0 Å². The minimum absolute atomic E-state index is 0.163. The van der Waals surface area contributed by atoms with Crippen molar-refractivity contribution in [3.05, 3.63) is 29.3 Å². The largest absolute Gasteiger partial charge is 0.480 e. The van der Waals surface area contributed by atoms with Crippen LogP contribution < -0.4 is 10.6 Å². The van der Waals surface area contributed by atoms with Gasteiger partial charge in [-0.05, 0) is 38.5 Å². The maximum absolute atomic E-state index is 11.7. The lowest BCUT2D eigenvalue weighted by atomic mass is 10.1. The summed E-state index contributed by atoms with van der Waals surface area (Å²) in [6.45, 7) is 5.82. The predicted molar refractivity (Wildman–Crippen MR) is 69.9 cm³/mol. The van der Waals surface area contributed by atoms with Gasteiger partial charge in [0.25, 0.3) is 5.91 Å². The van der Waals surface area contributed by atoms with Crippen LogP contribution in [0.15, 0.2) is 18.2 Å². The summed E-state index contributed by atoms with van der Waals surface area (Å²) in [6, 6.07) is 4.48. The Balaban J connectivity index is 2.94. The highest BCUT2D eigenvalue weighted by molar-refractivity contribution is 5.95. The van der Waals surface area contributed by atoms with Crippen LogP contribution in [0.3, 0.4) is 0 Å². The van der Waals surface area contributed by atoms with E-state index in [0.717, 1.165) is 5.56 Å². The van der Waals surface area contributed by atoms with Gasteiger partial charge in [0.05, 0.1) is 0 Å². The monoisotopic (exact) mass is 250 g/mol. The maximum Gasteiger partial charge on any atom is 0.325 e. The Bertz CT molecular complexity index is 458.